The van der Waals surface area contributed by atoms with E-state index in [1.807, 2.05) is 27.7 Å². The van der Waals surface area contributed by atoms with Crippen LogP contribution >= 0.6 is 0 Å². The van der Waals surface area contributed by atoms with Crippen LogP contribution in [0, 0.1) is 5.41 Å². The van der Waals surface area contributed by atoms with Crippen molar-refractivity contribution in [2.75, 3.05) is 26.7 Å². The lowest BCUT2D eigenvalue weighted by Crippen LogP contribution is -2.59. The number of aryl methyl sites for hydroxylation is 3. The lowest BCUT2D eigenvalue weighted by Gasteiger charge is -2.43. The zero-order valence-electron chi connectivity index (χ0n) is 24.7. The van der Waals surface area contributed by atoms with Crippen molar-refractivity contribution in [3.05, 3.63) is 46.7 Å². The Balaban J connectivity index is 1.42. The third-order valence-electron chi connectivity index (χ3n) is 8.67. The molecular weight excluding hydrogens is 486 g/mol. The van der Waals surface area contributed by atoms with Crippen molar-refractivity contribution in [3.8, 4) is 11.3 Å². The number of benzene rings is 1. The van der Waals surface area contributed by atoms with Gasteiger partial charge in [-0.05, 0) is 84.4 Å². The van der Waals surface area contributed by atoms with Crippen LogP contribution in [0.5, 0.6) is 0 Å². The molecule has 5 rings (SSSR count). The van der Waals surface area contributed by atoms with Crippen molar-refractivity contribution in [1.82, 2.24) is 19.6 Å². The molecule has 7 heteroatoms. The van der Waals surface area contributed by atoms with Gasteiger partial charge in [0, 0.05) is 51.9 Å². The molecule has 2 heterocycles. The third-order valence-corrected chi connectivity index (χ3v) is 8.67. The Labute approximate surface area is 233 Å². The molecule has 0 atom stereocenters. The van der Waals surface area contributed by atoms with Crippen molar-refractivity contribution < 1.29 is 9.59 Å². The second kappa shape index (κ2) is 10.1. The minimum atomic E-state index is -0.234. The predicted molar refractivity (Wildman–Crippen MR) is 157 cm³/mol. The largest absolute Gasteiger partial charge is 0.339 e. The summed E-state index contributed by atoms with van der Waals surface area (Å²) in [6.45, 7) is 12.4. The van der Waals surface area contributed by atoms with Gasteiger partial charge in [0.05, 0.1) is 11.2 Å². The molecule has 0 unspecified atom stereocenters. The van der Waals surface area contributed by atoms with Crippen LogP contribution in [0.15, 0.2) is 35.0 Å². The zero-order chi connectivity index (χ0) is 28.1. The first-order valence-corrected chi connectivity index (χ1v) is 14.4. The number of carbonyl (C=O) groups excluding carboxylic acids is 2. The molecule has 2 fully saturated rings. The van der Waals surface area contributed by atoms with E-state index in [1.54, 1.807) is 7.05 Å². The minimum Gasteiger partial charge on any atom is -0.339 e. The first-order valence-electron chi connectivity index (χ1n) is 14.4. The fourth-order valence-electron chi connectivity index (χ4n) is 6.38. The van der Waals surface area contributed by atoms with Crippen LogP contribution < -0.4 is 0 Å². The highest BCUT2D eigenvalue weighted by atomic mass is 16.2. The van der Waals surface area contributed by atoms with Crippen molar-refractivity contribution in [2.24, 2.45) is 17.5 Å². The average Bonchev–Trinajstić information content (AvgIpc) is 3.50. The van der Waals surface area contributed by atoms with Gasteiger partial charge in [0.1, 0.15) is 5.71 Å². The molecule has 1 aromatic carbocycles. The summed E-state index contributed by atoms with van der Waals surface area (Å²) in [4.78, 5) is 35.7. The van der Waals surface area contributed by atoms with Crippen LogP contribution in [0.4, 0.5) is 0 Å². The van der Waals surface area contributed by atoms with Crippen LogP contribution in [-0.2, 0) is 29.5 Å². The van der Waals surface area contributed by atoms with Gasteiger partial charge in [0.25, 0.3) is 5.91 Å². The summed E-state index contributed by atoms with van der Waals surface area (Å²) >= 11 is 0. The summed E-state index contributed by atoms with van der Waals surface area (Å²) in [5.41, 5.74) is 8.46. The number of rotatable bonds is 5. The van der Waals surface area contributed by atoms with E-state index in [0.717, 1.165) is 54.5 Å². The highest BCUT2D eigenvalue weighted by Crippen LogP contribution is 2.45. The molecule has 2 aliphatic carbocycles. The van der Waals surface area contributed by atoms with Crippen molar-refractivity contribution >= 4 is 23.1 Å². The Morgan fingerprint density at radius 1 is 1.10 bits per heavy atom. The fraction of sp³-hybridized carbons (Fsp3) is 0.562. The Morgan fingerprint density at radius 3 is 2.44 bits per heavy atom. The van der Waals surface area contributed by atoms with E-state index >= 15 is 0 Å². The van der Waals surface area contributed by atoms with E-state index in [4.69, 9.17) is 0 Å². The number of piperazine rings is 1. The van der Waals surface area contributed by atoms with E-state index in [0.29, 0.717) is 31.8 Å². The molecule has 1 spiro atoms. The highest BCUT2D eigenvalue weighted by Gasteiger charge is 2.54. The van der Waals surface area contributed by atoms with Crippen LogP contribution in [0.25, 0.3) is 16.8 Å². The smallest absolute Gasteiger partial charge is 0.272 e. The van der Waals surface area contributed by atoms with Crippen molar-refractivity contribution in [3.63, 3.8) is 0 Å². The van der Waals surface area contributed by atoms with Gasteiger partial charge in [-0.3, -0.25) is 19.3 Å². The quantitative estimate of drug-likeness (QED) is 0.507. The van der Waals surface area contributed by atoms with Crippen molar-refractivity contribution in [2.45, 2.75) is 78.7 Å². The van der Waals surface area contributed by atoms with E-state index in [2.05, 4.69) is 62.9 Å². The molecule has 39 heavy (non-hydrogen) atoms. The summed E-state index contributed by atoms with van der Waals surface area (Å²) in [5.74, 6) is 0.216. The monoisotopic (exact) mass is 529 g/mol. The molecule has 0 radical (unpaired) electrons. The number of allylic oxidation sites excluding steroid dienone is 1. The van der Waals surface area contributed by atoms with Gasteiger partial charge in [-0.1, -0.05) is 33.8 Å². The topological polar surface area (TPSA) is 70.8 Å². The standard InChI is InChI=1S/C32H43N5O2/c1-8-22-17-23-9-10-24(21(2)25(23)18-26(22)27-11-14-35(7)34-27)29(33-6)30(39)37-16-15-36(20-32(37)12-13-32)28(38)19-31(3,4)5/h11,14,17-18H,8-10,12-13,15-16,19-20H2,1-7H3. The minimum absolute atomic E-state index is 0.0193. The zero-order valence-corrected chi connectivity index (χ0v) is 24.7. The molecule has 1 saturated heterocycles. The van der Waals surface area contributed by atoms with Gasteiger partial charge < -0.3 is 9.80 Å². The molecule has 1 saturated carbocycles. The van der Waals surface area contributed by atoms with E-state index in [-0.39, 0.29) is 22.8 Å². The van der Waals surface area contributed by atoms with Gasteiger partial charge in [-0.15, -0.1) is 0 Å². The second-order valence-electron chi connectivity index (χ2n) is 12.8. The van der Waals surface area contributed by atoms with Crippen molar-refractivity contribution in [1.29, 1.82) is 0 Å². The van der Waals surface area contributed by atoms with Crippen LogP contribution in [-0.4, -0.2) is 69.3 Å². The Kier molecular flexibility index (Phi) is 7.06. The second-order valence-corrected chi connectivity index (χ2v) is 12.8. The number of fused-ring (bicyclic) bond motifs is 1. The lowest BCUT2D eigenvalue weighted by atomic mass is 9.81. The Morgan fingerprint density at radius 2 is 1.85 bits per heavy atom. The molecule has 2 amide bonds. The van der Waals surface area contributed by atoms with Crippen LogP contribution in [0.2, 0.25) is 0 Å². The maximum atomic E-state index is 14.1. The molecule has 0 bridgehead atoms. The Hall–Kier alpha value is -3.22. The number of hydrogen-bond acceptors (Lipinski definition) is 4. The lowest BCUT2D eigenvalue weighted by molar-refractivity contribution is -0.141. The molecule has 2 aromatic rings. The van der Waals surface area contributed by atoms with E-state index in [9.17, 15) is 9.59 Å². The number of hydrogen-bond donors (Lipinski definition) is 0. The molecule has 7 nitrogen and oxygen atoms in total. The molecule has 3 aliphatic rings. The highest BCUT2D eigenvalue weighted by molar-refractivity contribution is 6.46. The van der Waals surface area contributed by atoms with Gasteiger partial charge in [0.2, 0.25) is 5.91 Å². The maximum Gasteiger partial charge on any atom is 0.272 e. The summed E-state index contributed by atoms with van der Waals surface area (Å²) in [7, 11) is 3.69. The van der Waals surface area contributed by atoms with E-state index < -0.39 is 0 Å². The van der Waals surface area contributed by atoms with Crippen LogP contribution in [0.3, 0.4) is 0 Å². The summed E-state index contributed by atoms with van der Waals surface area (Å²) in [5, 5.41) is 4.67. The summed E-state index contributed by atoms with van der Waals surface area (Å²) in [6.07, 6.45) is 7.05. The van der Waals surface area contributed by atoms with Crippen LogP contribution in [0.1, 0.15) is 77.0 Å². The Bertz CT molecular complexity index is 1370. The SMILES string of the molecule is CCc1cc2c(cc1-c1ccn(C)n1)C(C)=C(C(=NC)C(=O)N1CCN(C(=O)CC(C)(C)C)CC13CC3)CC2. The number of nitrogens with zero attached hydrogens (tertiary/aromatic N) is 5. The fourth-order valence-corrected chi connectivity index (χ4v) is 6.38. The number of carbonyl (C=O) groups is 2. The molecule has 208 valence electrons. The number of aromatic nitrogens is 2. The first-order chi connectivity index (χ1) is 18.5. The van der Waals surface area contributed by atoms with E-state index in [1.165, 1.54) is 16.7 Å². The third kappa shape index (κ3) is 5.20. The molecule has 0 N–H and O–H groups in total. The number of amides is 2. The predicted octanol–water partition coefficient (Wildman–Crippen LogP) is 5.08. The summed E-state index contributed by atoms with van der Waals surface area (Å²) < 4.78 is 1.84. The summed E-state index contributed by atoms with van der Waals surface area (Å²) in [6, 6.07) is 6.66. The maximum absolute atomic E-state index is 14.1. The van der Waals surface area contributed by atoms with Gasteiger partial charge in [-0.25, -0.2) is 0 Å². The molecule has 1 aliphatic heterocycles. The van der Waals surface area contributed by atoms with Gasteiger partial charge in [-0.2, -0.15) is 5.10 Å². The molecular formula is C32H43N5O2. The van der Waals surface area contributed by atoms with Gasteiger partial charge >= 0.3 is 0 Å². The number of aliphatic imine (C=N–C) groups is 1. The normalized spacial score (nSPS) is 19.0. The first kappa shape index (κ1) is 27.4. The van der Waals surface area contributed by atoms with Gasteiger partial charge in [0.15, 0.2) is 0 Å². The molecule has 1 aromatic heterocycles. The average molecular weight is 530 g/mol.